The van der Waals surface area contributed by atoms with Crippen molar-refractivity contribution >= 4 is 11.6 Å². The van der Waals surface area contributed by atoms with E-state index in [1.807, 2.05) is 6.08 Å². The van der Waals surface area contributed by atoms with Gasteiger partial charge in [0.2, 0.25) is 23.1 Å². The van der Waals surface area contributed by atoms with Gasteiger partial charge in [-0.05, 0) is 39.0 Å². The maximum absolute atomic E-state index is 12.4. The molecular weight excluding hydrogens is 256 g/mol. The van der Waals surface area contributed by atoms with E-state index in [4.69, 9.17) is 9.47 Å². The van der Waals surface area contributed by atoms with Crippen molar-refractivity contribution in [2.75, 3.05) is 14.2 Å². The molecule has 0 radical (unpaired) electrons. The number of carbonyl (C=O) groups is 2. The highest BCUT2D eigenvalue weighted by Crippen LogP contribution is 2.37. The quantitative estimate of drug-likeness (QED) is 0.572. The van der Waals surface area contributed by atoms with Crippen molar-refractivity contribution < 1.29 is 19.1 Å². The zero-order valence-corrected chi connectivity index (χ0v) is 12.4. The van der Waals surface area contributed by atoms with Gasteiger partial charge in [-0.2, -0.15) is 0 Å². The summed E-state index contributed by atoms with van der Waals surface area (Å²) in [5, 5.41) is 0. The van der Waals surface area contributed by atoms with Crippen LogP contribution >= 0.6 is 0 Å². The largest absolute Gasteiger partial charge is 0.489 e. The minimum absolute atomic E-state index is 0.00152. The van der Waals surface area contributed by atoms with E-state index in [0.29, 0.717) is 23.5 Å². The Morgan fingerprint density at radius 2 is 1.70 bits per heavy atom. The van der Waals surface area contributed by atoms with Crippen LogP contribution in [0.5, 0.6) is 0 Å². The summed E-state index contributed by atoms with van der Waals surface area (Å²) in [6.07, 6.45) is 4.98. The molecular formula is C16H20O4. The van der Waals surface area contributed by atoms with Gasteiger partial charge < -0.3 is 9.47 Å². The molecule has 0 N–H and O–H groups in total. The van der Waals surface area contributed by atoms with Gasteiger partial charge in [-0.25, -0.2) is 0 Å². The second-order valence-corrected chi connectivity index (χ2v) is 5.25. The number of methoxy groups -OCH3 is 2. The van der Waals surface area contributed by atoms with Gasteiger partial charge in [0, 0.05) is 11.1 Å². The van der Waals surface area contributed by atoms with E-state index in [2.05, 4.69) is 6.92 Å². The second kappa shape index (κ2) is 5.65. The van der Waals surface area contributed by atoms with Crippen LogP contribution in [-0.2, 0) is 19.1 Å². The van der Waals surface area contributed by atoms with Gasteiger partial charge in [0.25, 0.3) is 0 Å². The lowest BCUT2D eigenvalue weighted by Crippen LogP contribution is -2.24. The van der Waals surface area contributed by atoms with E-state index < -0.39 is 0 Å². The average molecular weight is 276 g/mol. The van der Waals surface area contributed by atoms with Gasteiger partial charge in [0.15, 0.2) is 0 Å². The summed E-state index contributed by atoms with van der Waals surface area (Å²) >= 11 is 0. The first kappa shape index (κ1) is 14.6. The van der Waals surface area contributed by atoms with E-state index in [0.717, 1.165) is 0 Å². The van der Waals surface area contributed by atoms with E-state index in [-0.39, 0.29) is 23.1 Å². The molecule has 2 aliphatic carbocycles. The lowest BCUT2D eigenvalue weighted by Gasteiger charge is -2.19. The molecule has 2 aliphatic rings. The highest BCUT2D eigenvalue weighted by Gasteiger charge is 2.34. The zero-order chi connectivity index (χ0) is 14.9. The molecule has 0 spiro atoms. The number of carbonyl (C=O) groups excluding carboxylic acids is 2. The molecule has 0 aromatic carbocycles. The first-order valence-corrected chi connectivity index (χ1v) is 6.79. The van der Waals surface area contributed by atoms with Gasteiger partial charge in [-0.1, -0.05) is 11.6 Å². The Morgan fingerprint density at radius 1 is 1.15 bits per heavy atom. The van der Waals surface area contributed by atoms with Crippen molar-refractivity contribution in [3.05, 3.63) is 34.3 Å². The second-order valence-electron chi connectivity index (χ2n) is 5.25. The molecule has 1 saturated carbocycles. The normalized spacial score (nSPS) is 20.7. The highest BCUT2D eigenvalue weighted by atomic mass is 16.5. The van der Waals surface area contributed by atoms with Crippen LogP contribution < -0.4 is 0 Å². The molecule has 0 aromatic rings. The maximum Gasteiger partial charge on any atom is 0.228 e. The smallest absolute Gasteiger partial charge is 0.228 e. The topological polar surface area (TPSA) is 52.6 Å². The molecule has 0 aromatic heterocycles. The predicted molar refractivity (Wildman–Crippen MR) is 74.9 cm³/mol. The van der Waals surface area contributed by atoms with Crippen LogP contribution in [-0.4, -0.2) is 25.8 Å². The summed E-state index contributed by atoms with van der Waals surface area (Å²) in [4.78, 5) is 24.6. The van der Waals surface area contributed by atoms with Crippen molar-refractivity contribution in [3.8, 4) is 0 Å². The first-order valence-electron chi connectivity index (χ1n) is 6.79. The van der Waals surface area contributed by atoms with Gasteiger partial charge in [-0.3, -0.25) is 9.59 Å². The Bertz CT molecular complexity index is 545. The fourth-order valence-corrected chi connectivity index (χ4v) is 2.41. The third-order valence-electron chi connectivity index (χ3n) is 3.94. The number of ketones is 2. The number of allylic oxidation sites excluding steroid dienone is 4. The molecule has 0 bridgehead atoms. The molecule has 108 valence electrons. The highest BCUT2D eigenvalue weighted by molar-refractivity contribution is 6.23. The Morgan fingerprint density at radius 3 is 2.20 bits per heavy atom. The van der Waals surface area contributed by atoms with Crippen LogP contribution in [0.4, 0.5) is 0 Å². The number of hydrogen-bond donors (Lipinski definition) is 0. The number of hydrogen-bond acceptors (Lipinski definition) is 4. The van der Waals surface area contributed by atoms with Crippen LogP contribution in [0.15, 0.2) is 34.3 Å². The molecule has 0 amide bonds. The van der Waals surface area contributed by atoms with E-state index in [1.165, 1.54) is 32.6 Å². The van der Waals surface area contributed by atoms with Crippen LogP contribution in [0.25, 0.3) is 0 Å². The van der Waals surface area contributed by atoms with E-state index in [9.17, 15) is 9.59 Å². The molecule has 1 fully saturated rings. The minimum Gasteiger partial charge on any atom is -0.489 e. The molecule has 0 heterocycles. The fourth-order valence-electron chi connectivity index (χ4n) is 2.41. The number of rotatable bonds is 5. The standard InChI is InChI=1S/C16H20O4/c1-9(11-6-7-11)5-8-12-10(2)13(17)15(19-3)16(20-4)14(12)18/h5,11H,6-8H2,1-4H3/b9-5+. The summed E-state index contributed by atoms with van der Waals surface area (Å²) in [5.41, 5.74) is 2.26. The Balaban J connectivity index is 2.28. The minimum atomic E-state index is -0.267. The Kier molecular flexibility index (Phi) is 4.12. The molecule has 4 heteroatoms. The van der Waals surface area contributed by atoms with Crippen molar-refractivity contribution in [3.63, 3.8) is 0 Å². The lowest BCUT2D eigenvalue weighted by atomic mass is 9.90. The fraction of sp³-hybridized carbons (Fsp3) is 0.500. The Hall–Kier alpha value is -1.84. The van der Waals surface area contributed by atoms with E-state index in [1.54, 1.807) is 6.92 Å². The van der Waals surface area contributed by atoms with Gasteiger partial charge in [-0.15, -0.1) is 0 Å². The van der Waals surface area contributed by atoms with Crippen molar-refractivity contribution in [1.29, 1.82) is 0 Å². The zero-order valence-electron chi connectivity index (χ0n) is 12.4. The van der Waals surface area contributed by atoms with Crippen molar-refractivity contribution in [2.24, 2.45) is 5.92 Å². The maximum atomic E-state index is 12.4. The third-order valence-corrected chi connectivity index (χ3v) is 3.94. The predicted octanol–water partition coefficient (Wildman–Crippen LogP) is 2.71. The molecule has 0 aliphatic heterocycles. The van der Waals surface area contributed by atoms with Gasteiger partial charge >= 0.3 is 0 Å². The molecule has 0 unspecified atom stereocenters. The molecule has 2 rings (SSSR count). The van der Waals surface area contributed by atoms with Crippen LogP contribution in [0.3, 0.4) is 0 Å². The summed E-state index contributed by atoms with van der Waals surface area (Å²) in [5.74, 6) is 0.159. The van der Waals surface area contributed by atoms with Crippen LogP contribution in [0.1, 0.15) is 33.1 Å². The molecule has 0 atom stereocenters. The summed E-state index contributed by atoms with van der Waals surface area (Å²) in [7, 11) is 2.75. The van der Waals surface area contributed by atoms with E-state index >= 15 is 0 Å². The number of ether oxygens (including phenoxy) is 2. The SMILES string of the molecule is COC1=C(OC)C(=O)C(C/C=C(\C)C2CC2)=C(C)C1=O. The van der Waals surface area contributed by atoms with Crippen LogP contribution in [0.2, 0.25) is 0 Å². The molecule has 4 nitrogen and oxygen atoms in total. The molecule has 0 saturated heterocycles. The molecule has 20 heavy (non-hydrogen) atoms. The lowest BCUT2D eigenvalue weighted by molar-refractivity contribution is -0.121. The van der Waals surface area contributed by atoms with Gasteiger partial charge in [0.1, 0.15) is 0 Å². The summed E-state index contributed by atoms with van der Waals surface area (Å²) < 4.78 is 10.1. The van der Waals surface area contributed by atoms with Crippen molar-refractivity contribution in [2.45, 2.75) is 33.1 Å². The van der Waals surface area contributed by atoms with Gasteiger partial charge in [0.05, 0.1) is 14.2 Å². The summed E-state index contributed by atoms with van der Waals surface area (Å²) in [6, 6.07) is 0. The summed E-state index contributed by atoms with van der Waals surface area (Å²) in [6.45, 7) is 3.75. The number of Topliss-reactive ketones (excluding diaryl/α,β-unsaturated/α-hetero) is 2. The Labute approximate surface area is 119 Å². The van der Waals surface area contributed by atoms with Crippen molar-refractivity contribution in [1.82, 2.24) is 0 Å². The van der Waals surface area contributed by atoms with Crippen LogP contribution in [0, 0.1) is 5.92 Å². The average Bonchev–Trinajstić information content (AvgIpc) is 3.26. The first-order chi connectivity index (χ1) is 9.51. The monoisotopic (exact) mass is 276 g/mol. The third kappa shape index (κ3) is 2.55.